The lowest BCUT2D eigenvalue weighted by molar-refractivity contribution is -0.122. The molecule has 0 saturated carbocycles. The molecule has 2 aliphatic rings. The minimum absolute atomic E-state index is 0.0883. The number of nitrogens with zero attached hydrogens (tertiary/aromatic N) is 8. The Morgan fingerprint density at radius 1 is 1.27 bits per heavy atom. The lowest BCUT2D eigenvalue weighted by atomic mass is 10.0. The number of likely N-dealkylation sites (tertiary alicyclic amines) is 1. The van der Waals surface area contributed by atoms with Gasteiger partial charge in [0.1, 0.15) is 11.5 Å². The molecule has 1 saturated heterocycles. The molecule has 40 heavy (non-hydrogen) atoms. The number of hydrazone groups is 1. The first-order valence-electron chi connectivity index (χ1n) is 13.4. The summed E-state index contributed by atoms with van der Waals surface area (Å²) in [5, 5.41) is 16.8. The van der Waals surface area contributed by atoms with Gasteiger partial charge in [-0.15, -0.1) is 0 Å². The summed E-state index contributed by atoms with van der Waals surface area (Å²) in [5.41, 5.74) is 7.30. The Labute approximate surface area is 240 Å². The van der Waals surface area contributed by atoms with Crippen molar-refractivity contribution in [2.45, 2.75) is 58.6 Å². The van der Waals surface area contributed by atoms with Crippen LogP contribution in [-0.4, -0.2) is 62.5 Å². The van der Waals surface area contributed by atoms with Crippen molar-refractivity contribution in [3.8, 4) is 11.3 Å². The van der Waals surface area contributed by atoms with Crippen LogP contribution in [0.1, 0.15) is 45.0 Å². The predicted octanol–water partition coefficient (Wildman–Crippen LogP) is 3.79. The number of anilines is 2. The number of aromatic nitrogens is 6. The van der Waals surface area contributed by atoms with Crippen LogP contribution >= 0.6 is 23.3 Å². The minimum Gasteiger partial charge on any atom is -0.328 e. The van der Waals surface area contributed by atoms with Crippen LogP contribution in [0.4, 0.5) is 10.8 Å². The van der Waals surface area contributed by atoms with Crippen molar-refractivity contribution in [2.24, 2.45) is 11.0 Å². The summed E-state index contributed by atoms with van der Waals surface area (Å²) in [6.07, 6.45) is 9.91. The number of nitrogens with one attached hydrogen (secondary N) is 3. The van der Waals surface area contributed by atoms with E-state index in [4.69, 9.17) is 4.98 Å². The second kappa shape index (κ2) is 10.8. The molecule has 3 N–H and O–H groups in total. The fraction of sp³-hybridized carbons (Fsp3) is 0.462. The van der Waals surface area contributed by atoms with E-state index in [1.165, 1.54) is 36.1 Å². The number of piperidine rings is 1. The van der Waals surface area contributed by atoms with E-state index in [0.717, 1.165) is 58.2 Å². The van der Waals surface area contributed by atoms with Crippen molar-refractivity contribution in [1.29, 1.82) is 0 Å². The van der Waals surface area contributed by atoms with Gasteiger partial charge in [-0.05, 0) is 63.7 Å². The molecule has 14 heteroatoms. The zero-order valence-electron chi connectivity index (χ0n) is 23.0. The number of amides is 1. The Hall–Kier alpha value is -3.49. The maximum absolute atomic E-state index is 12.7. The van der Waals surface area contributed by atoms with Gasteiger partial charge in [0, 0.05) is 31.0 Å². The molecule has 12 nitrogen and oxygen atoms in total. The number of carbonyl (C=O) groups is 1. The van der Waals surface area contributed by atoms with Crippen LogP contribution in [0.15, 0.2) is 36.0 Å². The summed E-state index contributed by atoms with van der Waals surface area (Å²) >= 11 is 2.91. The van der Waals surface area contributed by atoms with Crippen LogP contribution < -0.4 is 16.1 Å². The number of rotatable bonds is 8. The zero-order chi connectivity index (χ0) is 27.9. The molecule has 0 spiro atoms. The van der Waals surface area contributed by atoms with Crippen molar-refractivity contribution in [1.82, 2.24) is 44.2 Å². The Kier molecular flexibility index (Phi) is 7.23. The maximum Gasteiger partial charge on any atom is 0.244 e. The number of hydrogen-bond donors (Lipinski definition) is 3. The second-order valence-corrected chi connectivity index (χ2v) is 13.1. The highest BCUT2D eigenvalue weighted by Crippen LogP contribution is 2.29. The first-order valence-corrected chi connectivity index (χ1v) is 15.0. The topological polar surface area (TPSA) is 130 Å². The van der Waals surface area contributed by atoms with Crippen molar-refractivity contribution in [3.05, 3.63) is 42.2 Å². The van der Waals surface area contributed by atoms with E-state index in [1.807, 2.05) is 37.6 Å². The average Bonchev–Trinajstić information content (AvgIpc) is 3.67. The number of hydrogen-bond acceptors (Lipinski definition) is 11. The first-order chi connectivity index (χ1) is 19.2. The third-order valence-corrected chi connectivity index (χ3v) is 8.66. The molecule has 2 aliphatic heterocycles. The van der Waals surface area contributed by atoms with Crippen LogP contribution in [0.25, 0.3) is 16.9 Å². The molecular weight excluding hydrogens is 546 g/mol. The molecule has 0 radical (unpaired) electrons. The minimum atomic E-state index is -0.655. The quantitative estimate of drug-likeness (QED) is 0.285. The smallest absolute Gasteiger partial charge is 0.244 e. The summed E-state index contributed by atoms with van der Waals surface area (Å²) in [6.45, 7) is 11.3. The molecule has 2 atom stereocenters. The summed E-state index contributed by atoms with van der Waals surface area (Å²) in [6, 6.07) is 2.11. The molecule has 4 aromatic heterocycles. The van der Waals surface area contributed by atoms with Gasteiger partial charge in [-0.2, -0.15) is 14.6 Å². The Balaban J connectivity index is 1.16. The lowest BCUT2D eigenvalue weighted by Gasteiger charge is -2.30. The maximum atomic E-state index is 12.7. The van der Waals surface area contributed by atoms with Gasteiger partial charge in [-0.3, -0.25) is 24.2 Å². The van der Waals surface area contributed by atoms with E-state index in [-0.39, 0.29) is 12.5 Å². The third-order valence-electron chi connectivity index (χ3n) is 6.93. The molecule has 2 unspecified atom stereocenters. The summed E-state index contributed by atoms with van der Waals surface area (Å²) in [5.74, 6) is 1.25. The fourth-order valence-corrected chi connectivity index (χ4v) is 6.84. The number of fused-ring (bicyclic) bond motifs is 1. The Morgan fingerprint density at radius 3 is 2.95 bits per heavy atom. The van der Waals surface area contributed by atoms with Gasteiger partial charge in [0.25, 0.3) is 0 Å². The van der Waals surface area contributed by atoms with Crippen LogP contribution in [0, 0.1) is 12.8 Å². The van der Waals surface area contributed by atoms with E-state index in [0.29, 0.717) is 11.5 Å². The van der Waals surface area contributed by atoms with Crippen LogP contribution in [0.2, 0.25) is 0 Å². The normalized spacial score (nSPS) is 21.4. The predicted molar refractivity (Wildman–Crippen MR) is 158 cm³/mol. The molecule has 210 valence electrons. The largest absolute Gasteiger partial charge is 0.328 e. The Morgan fingerprint density at radius 2 is 2.15 bits per heavy atom. The lowest BCUT2D eigenvalue weighted by Crippen LogP contribution is -2.51. The van der Waals surface area contributed by atoms with Crippen molar-refractivity contribution in [3.63, 3.8) is 0 Å². The van der Waals surface area contributed by atoms with E-state index >= 15 is 0 Å². The number of thioether (sulfide) groups is 1. The van der Waals surface area contributed by atoms with Gasteiger partial charge < -0.3 is 10.6 Å². The first kappa shape index (κ1) is 26.7. The monoisotopic (exact) mass is 579 g/mol. The van der Waals surface area contributed by atoms with Crippen LogP contribution in [-0.2, 0) is 17.9 Å². The molecule has 0 aliphatic carbocycles. The SMILES string of the molecule is CC1=NNC(C)(NC(=O)Cn2cc(-c3cnc4c(Nc5cc(CN6CCCC(C)C6)ns5)nc(C)cn34)cn2)S1. The zero-order valence-corrected chi connectivity index (χ0v) is 24.6. The van der Waals surface area contributed by atoms with Crippen LogP contribution in [0.3, 0.4) is 0 Å². The number of carbonyl (C=O) groups excluding carboxylic acids is 1. The molecule has 1 fully saturated rings. The molecular formula is C26H33N11OS2. The summed E-state index contributed by atoms with van der Waals surface area (Å²) < 4.78 is 8.30. The van der Waals surface area contributed by atoms with E-state index in [2.05, 4.69) is 53.5 Å². The molecule has 0 bridgehead atoms. The van der Waals surface area contributed by atoms with Gasteiger partial charge >= 0.3 is 0 Å². The fourth-order valence-electron chi connectivity index (χ4n) is 5.24. The highest BCUT2D eigenvalue weighted by atomic mass is 32.2. The highest BCUT2D eigenvalue weighted by molar-refractivity contribution is 8.15. The van der Waals surface area contributed by atoms with Crippen molar-refractivity contribution in [2.75, 3.05) is 18.4 Å². The molecule has 0 aromatic carbocycles. The Bertz CT molecular complexity index is 1570. The van der Waals surface area contributed by atoms with Crippen molar-refractivity contribution < 1.29 is 4.79 Å². The molecule has 6 rings (SSSR count). The van der Waals surface area contributed by atoms with Crippen LogP contribution in [0.5, 0.6) is 0 Å². The van der Waals surface area contributed by atoms with Gasteiger partial charge in [-0.25, -0.2) is 9.97 Å². The standard InChI is InChI=1S/C26H33N11OS2/c1-16-6-5-7-35(11-16)14-20-8-23(40-33-20)30-24-25-27-10-21(37(25)12-17(2)29-24)19-9-28-36(13-19)15-22(38)31-26(4)34-32-18(3)39-26/h8-10,12-13,16,34H,5-7,11,14-15H2,1-4H3,(H,29,30)(H,31,38). The molecule has 6 heterocycles. The summed E-state index contributed by atoms with van der Waals surface area (Å²) in [7, 11) is 0. The van der Waals surface area contributed by atoms with E-state index in [9.17, 15) is 4.79 Å². The summed E-state index contributed by atoms with van der Waals surface area (Å²) in [4.78, 5) is 23.9. The molecule has 1 amide bonds. The second-order valence-electron chi connectivity index (χ2n) is 10.7. The number of imidazole rings is 1. The van der Waals surface area contributed by atoms with Gasteiger partial charge in [0.15, 0.2) is 16.5 Å². The number of aryl methyl sites for hydroxylation is 1. The van der Waals surface area contributed by atoms with E-state index < -0.39 is 4.99 Å². The molecule has 4 aromatic rings. The van der Waals surface area contributed by atoms with Gasteiger partial charge in [-0.1, -0.05) is 18.7 Å². The highest BCUT2D eigenvalue weighted by Gasteiger charge is 2.32. The third kappa shape index (κ3) is 5.83. The average molecular weight is 580 g/mol. The van der Waals surface area contributed by atoms with Gasteiger partial charge in [0.05, 0.1) is 34.5 Å². The van der Waals surface area contributed by atoms with E-state index in [1.54, 1.807) is 17.1 Å². The van der Waals surface area contributed by atoms with Crippen molar-refractivity contribution >= 4 is 50.7 Å². The van der Waals surface area contributed by atoms with Gasteiger partial charge in [0.2, 0.25) is 5.91 Å².